The molecule has 1 saturated carbocycles. The molecule has 90 valence electrons. The van der Waals surface area contributed by atoms with Crippen LogP contribution in [0.25, 0.3) is 0 Å². The van der Waals surface area contributed by atoms with Gasteiger partial charge in [-0.2, -0.15) is 4.98 Å². The molecule has 1 aliphatic carbocycles. The molecule has 0 aliphatic heterocycles. The van der Waals surface area contributed by atoms with Crippen molar-refractivity contribution in [3.8, 4) is 0 Å². The first kappa shape index (κ1) is 11.4. The summed E-state index contributed by atoms with van der Waals surface area (Å²) in [7, 11) is 0. The number of anilines is 1. The second kappa shape index (κ2) is 4.41. The zero-order valence-electron chi connectivity index (χ0n) is 10.1. The smallest absolute Gasteiger partial charge is 0.266 e. The topological polar surface area (TPSA) is 68.2 Å². The maximum absolute atomic E-state index is 6.26. The molecule has 1 aromatic heterocycles. The van der Waals surface area contributed by atoms with Crippen LogP contribution in [0.5, 0.6) is 0 Å². The molecule has 0 unspecified atom stereocenters. The molecule has 16 heavy (non-hydrogen) atoms. The lowest BCUT2D eigenvalue weighted by atomic mass is 10.00. The quantitative estimate of drug-likeness (QED) is 0.842. The molecule has 0 spiro atoms. The fourth-order valence-corrected chi connectivity index (χ4v) is 2.27. The van der Waals surface area contributed by atoms with Crippen LogP contribution in [-0.2, 0) is 5.54 Å². The van der Waals surface area contributed by atoms with Crippen LogP contribution < -0.4 is 10.6 Å². The summed E-state index contributed by atoms with van der Waals surface area (Å²) in [5.41, 5.74) is 5.89. The van der Waals surface area contributed by atoms with Crippen molar-refractivity contribution < 1.29 is 4.52 Å². The Balaban J connectivity index is 2.18. The van der Waals surface area contributed by atoms with Gasteiger partial charge in [0.05, 0.1) is 5.54 Å². The zero-order valence-corrected chi connectivity index (χ0v) is 10.1. The summed E-state index contributed by atoms with van der Waals surface area (Å²) in [5, 5.41) is 4.01. The van der Waals surface area contributed by atoms with E-state index in [9.17, 15) is 0 Å². The predicted molar refractivity (Wildman–Crippen MR) is 62.2 cm³/mol. The maximum atomic E-state index is 6.26. The Bertz CT molecular complexity index is 340. The Kier molecular flexibility index (Phi) is 3.14. The van der Waals surface area contributed by atoms with Gasteiger partial charge in [-0.15, -0.1) is 0 Å². The maximum Gasteiger partial charge on any atom is 0.266 e. The van der Waals surface area contributed by atoms with Crippen LogP contribution in [0.1, 0.15) is 45.4 Å². The Morgan fingerprint density at radius 2 is 1.94 bits per heavy atom. The average molecular weight is 224 g/mol. The molecule has 0 radical (unpaired) electrons. The lowest BCUT2D eigenvalue weighted by Gasteiger charge is -2.18. The van der Waals surface area contributed by atoms with E-state index in [-0.39, 0.29) is 5.54 Å². The van der Waals surface area contributed by atoms with Gasteiger partial charge < -0.3 is 15.2 Å². The van der Waals surface area contributed by atoms with E-state index in [2.05, 4.69) is 28.9 Å². The largest absolute Gasteiger partial charge is 0.339 e. The van der Waals surface area contributed by atoms with E-state index in [1.54, 1.807) is 0 Å². The molecule has 0 atom stereocenters. The SMILES string of the molecule is CCN(CC)c1noc(C2(N)CCCC2)n1. The molecule has 2 rings (SSSR count). The third kappa shape index (κ3) is 1.91. The fourth-order valence-electron chi connectivity index (χ4n) is 2.27. The van der Waals surface area contributed by atoms with Crippen molar-refractivity contribution in [3.05, 3.63) is 5.89 Å². The third-order valence-corrected chi connectivity index (χ3v) is 3.38. The van der Waals surface area contributed by atoms with Crippen LogP contribution in [0.2, 0.25) is 0 Å². The van der Waals surface area contributed by atoms with E-state index in [0.717, 1.165) is 38.8 Å². The predicted octanol–water partition coefficient (Wildman–Crippen LogP) is 1.64. The highest BCUT2D eigenvalue weighted by molar-refractivity contribution is 5.28. The molecule has 0 bridgehead atoms. The van der Waals surface area contributed by atoms with Crippen molar-refractivity contribution in [1.29, 1.82) is 0 Å². The van der Waals surface area contributed by atoms with Crippen molar-refractivity contribution in [1.82, 2.24) is 10.1 Å². The summed E-state index contributed by atoms with van der Waals surface area (Å²) < 4.78 is 5.31. The summed E-state index contributed by atoms with van der Waals surface area (Å²) in [6.07, 6.45) is 4.21. The van der Waals surface area contributed by atoms with E-state index in [1.165, 1.54) is 0 Å². The van der Waals surface area contributed by atoms with E-state index >= 15 is 0 Å². The number of nitrogens with zero attached hydrogens (tertiary/aromatic N) is 3. The minimum Gasteiger partial charge on any atom is -0.339 e. The first-order valence-electron chi connectivity index (χ1n) is 6.07. The monoisotopic (exact) mass is 224 g/mol. The Morgan fingerprint density at radius 3 is 2.50 bits per heavy atom. The van der Waals surface area contributed by atoms with Gasteiger partial charge in [0.25, 0.3) is 5.95 Å². The average Bonchev–Trinajstić information content (AvgIpc) is 2.90. The van der Waals surface area contributed by atoms with Gasteiger partial charge in [0.15, 0.2) is 0 Å². The Hall–Kier alpha value is -1.10. The zero-order chi connectivity index (χ0) is 11.6. The summed E-state index contributed by atoms with van der Waals surface area (Å²) in [6, 6.07) is 0. The van der Waals surface area contributed by atoms with Gasteiger partial charge in [-0.25, -0.2) is 0 Å². The van der Waals surface area contributed by atoms with Gasteiger partial charge >= 0.3 is 0 Å². The van der Waals surface area contributed by atoms with Gasteiger partial charge in [0.1, 0.15) is 0 Å². The minimum atomic E-state index is -0.377. The van der Waals surface area contributed by atoms with Crippen molar-refractivity contribution in [2.75, 3.05) is 18.0 Å². The number of rotatable bonds is 4. The molecule has 0 aromatic carbocycles. The van der Waals surface area contributed by atoms with Crippen molar-refractivity contribution in [2.45, 2.75) is 45.1 Å². The molecule has 1 aromatic rings. The summed E-state index contributed by atoms with van der Waals surface area (Å²) in [4.78, 5) is 6.49. The molecule has 1 heterocycles. The van der Waals surface area contributed by atoms with Gasteiger partial charge in [-0.1, -0.05) is 12.8 Å². The molecular weight excluding hydrogens is 204 g/mol. The molecular formula is C11H20N4O. The lowest BCUT2D eigenvalue weighted by molar-refractivity contribution is 0.285. The first-order chi connectivity index (χ1) is 7.69. The lowest BCUT2D eigenvalue weighted by Crippen LogP contribution is -2.33. The Morgan fingerprint density at radius 1 is 1.31 bits per heavy atom. The second-order valence-electron chi connectivity index (χ2n) is 4.44. The first-order valence-corrected chi connectivity index (χ1v) is 6.07. The summed E-state index contributed by atoms with van der Waals surface area (Å²) in [5.74, 6) is 1.27. The molecule has 0 amide bonds. The highest BCUT2D eigenvalue weighted by atomic mass is 16.5. The number of aromatic nitrogens is 2. The third-order valence-electron chi connectivity index (χ3n) is 3.38. The van der Waals surface area contributed by atoms with Crippen molar-refractivity contribution in [3.63, 3.8) is 0 Å². The molecule has 2 N–H and O–H groups in total. The molecule has 5 nitrogen and oxygen atoms in total. The van der Waals surface area contributed by atoms with Gasteiger partial charge in [-0.3, -0.25) is 0 Å². The van der Waals surface area contributed by atoms with E-state index in [4.69, 9.17) is 10.3 Å². The van der Waals surface area contributed by atoms with Crippen molar-refractivity contribution in [2.24, 2.45) is 5.73 Å². The van der Waals surface area contributed by atoms with Crippen LogP contribution in [0, 0.1) is 0 Å². The van der Waals surface area contributed by atoms with Crippen LogP contribution in [0.4, 0.5) is 5.95 Å². The second-order valence-corrected chi connectivity index (χ2v) is 4.44. The highest BCUT2D eigenvalue weighted by Gasteiger charge is 2.37. The normalized spacial score (nSPS) is 18.9. The van der Waals surface area contributed by atoms with E-state index < -0.39 is 0 Å². The van der Waals surface area contributed by atoms with E-state index in [1.807, 2.05) is 0 Å². The number of hydrogen-bond acceptors (Lipinski definition) is 5. The van der Waals surface area contributed by atoms with Gasteiger partial charge in [-0.05, 0) is 31.8 Å². The summed E-state index contributed by atoms with van der Waals surface area (Å²) in [6.45, 7) is 5.92. The van der Waals surface area contributed by atoms with Crippen LogP contribution in [0.15, 0.2) is 4.52 Å². The van der Waals surface area contributed by atoms with Crippen molar-refractivity contribution >= 4 is 5.95 Å². The summed E-state index contributed by atoms with van der Waals surface area (Å²) >= 11 is 0. The number of hydrogen-bond donors (Lipinski definition) is 1. The molecule has 1 aliphatic rings. The van der Waals surface area contributed by atoms with Crippen LogP contribution >= 0.6 is 0 Å². The fraction of sp³-hybridized carbons (Fsp3) is 0.818. The molecule has 0 saturated heterocycles. The van der Waals surface area contributed by atoms with Gasteiger partial charge in [0.2, 0.25) is 5.89 Å². The van der Waals surface area contributed by atoms with Crippen LogP contribution in [0.3, 0.4) is 0 Å². The highest BCUT2D eigenvalue weighted by Crippen LogP contribution is 2.35. The minimum absolute atomic E-state index is 0.377. The molecule has 1 fully saturated rings. The van der Waals surface area contributed by atoms with E-state index in [0.29, 0.717) is 11.8 Å². The Labute approximate surface area is 96.0 Å². The van der Waals surface area contributed by atoms with Gasteiger partial charge in [0, 0.05) is 13.1 Å². The number of nitrogens with two attached hydrogens (primary N) is 1. The van der Waals surface area contributed by atoms with Crippen LogP contribution in [-0.4, -0.2) is 23.2 Å². The molecule has 5 heteroatoms. The standard InChI is InChI=1S/C11H20N4O/c1-3-15(4-2)10-13-9(16-14-10)11(12)7-5-6-8-11/h3-8,12H2,1-2H3.